The minimum absolute atomic E-state index is 0.213. The molecule has 26 heavy (non-hydrogen) atoms. The Hall–Kier alpha value is -3.16. The van der Waals surface area contributed by atoms with E-state index in [9.17, 15) is 18.0 Å². The molecule has 0 saturated carbocycles. The van der Waals surface area contributed by atoms with E-state index in [1.807, 2.05) is 31.2 Å². The third kappa shape index (κ3) is 3.90. The molecule has 2 aromatic carbocycles. The molecule has 134 valence electrons. The molecule has 1 aromatic heterocycles. The van der Waals surface area contributed by atoms with Crippen molar-refractivity contribution < 1.29 is 22.4 Å². The molecule has 0 bridgehead atoms. The lowest BCUT2D eigenvalue weighted by molar-refractivity contribution is -0.156. The van der Waals surface area contributed by atoms with Gasteiger partial charge in [-0.05, 0) is 42.3 Å². The second kappa shape index (κ2) is 6.99. The van der Waals surface area contributed by atoms with Gasteiger partial charge in [-0.3, -0.25) is 4.79 Å². The highest BCUT2D eigenvalue weighted by molar-refractivity contribution is 5.75. The average Bonchev–Trinajstić information content (AvgIpc) is 3.10. The van der Waals surface area contributed by atoms with Crippen molar-refractivity contribution in [2.75, 3.05) is 4.90 Å². The van der Waals surface area contributed by atoms with Crippen molar-refractivity contribution in [3.05, 3.63) is 65.5 Å². The number of aromatic nitrogens is 2. The number of nitrogens with zero attached hydrogens (tertiary/aromatic N) is 3. The van der Waals surface area contributed by atoms with Crippen molar-refractivity contribution >= 4 is 12.1 Å². The van der Waals surface area contributed by atoms with Gasteiger partial charge in [-0.1, -0.05) is 24.3 Å². The van der Waals surface area contributed by atoms with Crippen LogP contribution in [0.25, 0.3) is 11.5 Å². The quantitative estimate of drug-likeness (QED) is 0.638. The highest BCUT2D eigenvalue weighted by atomic mass is 19.4. The fraction of sp³-hybridized carbons (Fsp3) is 0.167. The Morgan fingerprint density at radius 1 is 1.12 bits per heavy atom. The van der Waals surface area contributed by atoms with Gasteiger partial charge in [0.15, 0.2) is 0 Å². The third-order valence-electron chi connectivity index (χ3n) is 3.68. The van der Waals surface area contributed by atoms with Crippen LogP contribution in [-0.4, -0.2) is 16.6 Å². The van der Waals surface area contributed by atoms with E-state index in [0.717, 1.165) is 23.2 Å². The zero-order valence-corrected chi connectivity index (χ0v) is 13.7. The molecule has 0 aliphatic carbocycles. The molecular weight excluding hydrogens is 347 g/mol. The molecule has 5 nitrogen and oxygen atoms in total. The van der Waals surface area contributed by atoms with E-state index in [1.54, 1.807) is 24.3 Å². The normalized spacial score (nSPS) is 11.4. The number of halogens is 3. The number of alkyl halides is 3. The van der Waals surface area contributed by atoms with E-state index in [-0.39, 0.29) is 5.89 Å². The second-order valence-electron chi connectivity index (χ2n) is 5.68. The van der Waals surface area contributed by atoms with Crippen LogP contribution < -0.4 is 4.90 Å². The number of anilines is 1. The van der Waals surface area contributed by atoms with Gasteiger partial charge in [0.25, 0.3) is 0 Å². The number of carbonyl (C=O) groups is 1. The van der Waals surface area contributed by atoms with Gasteiger partial charge in [-0.25, -0.2) is 0 Å². The number of hydrogen-bond donors (Lipinski definition) is 0. The highest BCUT2D eigenvalue weighted by Crippen LogP contribution is 2.30. The fourth-order valence-electron chi connectivity index (χ4n) is 2.40. The Morgan fingerprint density at radius 2 is 1.85 bits per heavy atom. The molecule has 0 aliphatic rings. The van der Waals surface area contributed by atoms with Crippen LogP contribution in [0.1, 0.15) is 17.0 Å². The van der Waals surface area contributed by atoms with Crippen LogP contribution in [0, 0.1) is 6.92 Å². The van der Waals surface area contributed by atoms with E-state index >= 15 is 0 Å². The molecule has 0 unspecified atom stereocenters. The van der Waals surface area contributed by atoms with E-state index < -0.39 is 12.1 Å². The van der Waals surface area contributed by atoms with Crippen LogP contribution in [0.4, 0.5) is 18.9 Å². The summed E-state index contributed by atoms with van der Waals surface area (Å²) >= 11 is 0. The zero-order valence-electron chi connectivity index (χ0n) is 13.7. The minimum Gasteiger partial charge on any atom is -0.413 e. The Kier molecular flexibility index (Phi) is 4.75. The molecule has 0 radical (unpaired) electrons. The highest BCUT2D eigenvalue weighted by Gasteiger charge is 2.38. The van der Waals surface area contributed by atoms with Crippen molar-refractivity contribution in [2.45, 2.75) is 19.6 Å². The van der Waals surface area contributed by atoms with Crippen molar-refractivity contribution in [1.29, 1.82) is 0 Å². The summed E-state index contributed by atoms with van der Waals surface area (Å²) in [7, 11) is 0. The fourth-order valence-corrected chi connectivity index (χ4v) is 2.40. The lowest BCUT2D eigenvalue weighted by Gasteiger charge is -2.18. The number of rotatable bonds is 5. The number of amides is 1. The van der Waals surface area contributed by atoms with Crippen molar-refractivity contribution in [3.63, 3.8) is 0 Å². The van der Waals surface area contributed by atoms with Crippen LogP contribution in [0.5, 0.6) is 0 Å². The molecule has 1 heterocycles. The third-order valence-corrected chi connectivity index (χ3v) is 3.68. The first kappa shape index (κ1) is 17.7. The molecule has 0 fully saturated rings. The van der Waals surface area contributed by atoms with Gasteiger partial charge in [-0.15, -0.1) is 10.2 Å². The van der Waals surface area contributed by atoms with Gasteiger partial charge < -0.3 is 9.32 Å². The van der Waals surface area contributed by atoms with Crippen LogP contribution >= 0.6 is 0 Å². The van der Waals surface area contributed by atoms with Crippen molar-refractivity contribution in [1.82, 2.24) is 10.2 Å². The van der Waals surface area contributed by atoms with Crippen molar-refractivity contribution in [3.8, 4) is 11.5 Å². The molecule has 3 aromatic rings. The van der Waals surface area contributed by atoms with Gasteiger partial charge in [0, 0.05) is 11.3 Å². The SMILES string of the molecule is Cc1cccc(N(C=O)Cc2ccc(-c3nnc(C(F)(F)F)o3)cc2)c1. The molecule has 8 heteroatoms. The first-order chi connectivity index (χ1) is 12.4. The van der Waals surface area contributed by atoms with Crippen LogP contribution in [-0.2, 0) is 17.5 Å². The van der Waals surface area contributed by atoms with Crippen LogP contribution in [0.15, 0.2) is 52.9 Å². The predicted molar refractivity (Wildman–Crippen MR) is 88.2 cm³/mol. The second-order valence-corrected chi connectivity index (χ2v) is 5.68. The number of hydrogen-bond acceptors (Lipinski definition) is 4. The topological polar surface area (TPSA) is 59.2 Å². The smallest absolute Gasteiger partial charge is 0.413 e. The lowest BCUT2D eigenvalue weighted by Crippen LogP contribution is -2.20. The maximum Gasteiger partial charge on any atom is 0.470 e. The van der Waals surface area contributed by atoms with Crippen LogP contribution in [0.3, 0.4) is 0 Å². The van der Waals surface area contributed by atoms with Gasteiger partial charge in [0.05, 0.1) is 6.54 Å². The van der Waals surface area contributed by atoms with E-state index in [0.29, 0.717) is 12.1 Å². The number of benzene rings is 2. The molecule has 0 N–H and O–H groups in total. The van der Waals surface area contributed by atoms with E-state index in [4.69, 9.17) is 0 Å². The van der Waals surface area contributed by atoms with Gasteiger partial charge >= 0.3 is 12.1 Å². The largest absolute Gasteiger partial charge is 0.470 e. The maximum absolute atomic E-state index is 12.5. The van der Waals surface area contributed by atoms with Crippen LogP contribution in [0.2, 0.25) is 0 Å². The summed E-state index contributed by atoms with van der Waals surface area (Å²) in [6.45, 7) is 2.26. The summed E-state index contributed by atoms with van der Waals surface area (Å²) < 4.78 is 42.2. The number of carbonyl (C=O) groups excluding carboxylic acids is 1. The van der Waals surface area contributed by atoms with E-state index in [1.165, 1.54) is 4.90 Å². The Balaban J connectivity index is 1.77. The van der Waals surface area contributed by atoms with E-state index in [2.05, 4.69) is 14.6 Å². The molecular formula is C18H14F3N3O2. The standard InChI is InChI=1S/C18H14F3N3O2/c1-12-3-2-4-15(9-12)24(11-25)10-13-5-7-14(8-6-13)16-22-23-17(26-16)18(19,20)21/h2-9,11H,10H2,1H3. The lowest BCUT2D eigenvalue weighted by atomic mass is 10.1. The molecule has 0 aliphatic heterocycles. The Bertz CT molecular complexity index is 905. The summed E-state index contributed by atoms with van der Waals surface area (Å²) in [5.74, 6) is -1.60. The minimum atomic E-state index is -4.68. The van der Waals surface area contributed by atoms with Crippen molar-refractivity contribution in [2.24, 2.45) is 0 Å². The Labute approximate surface area is 147 Å². The number of aryl methyl sites for hydroxylation is 1. The molecule has 3 rings (SSSR count). The van der Waals surface area contributed by atoms with Gasteiger partial charge in [0.1, 0.15) is 0 Å². The first-order valence-corrected chi connectivity index (χ1v) is 7.65. The Morgan fingerprint density at radius 3 is 2.42 bits per heavy atom. The summed E-state index contributed by atoms with van der Waals surface area (Å²) in [4.78, 5) is 12.9. The summed E-state index contributed by atoms with van der Waals surface area (Å²) in [6.07, 6.45) is -3.94. The molecule has 0 saturated heterocycles. The maximum atomic E-state index is 12.5. The molecule has 1 amide bonds. The average molecular weight is 361 g/mol. The van der Waals surface area contributed by atoms with Gasteiger partial charge in [0.2, 0.25) is 12.3 Å². The predicted octanol–water partition coefficient (Wildman–Crippen LogP) is 4.23. The zero-order chi connectivity index (χ0) is 18.7. The van der Waals surface area contributed by atoms with Gasteiger partial charge in [-0.2, -0.15) is 13.2 Å². The molecule has 0 atom stereocenters. The summed E-state index contributed by atoms with van der Waals surface area (Å²) in [5.41, 5.74) is 2.96. The summed E-state index contributed by atoms with van der Waals surface area (Å²) in [6, 6.07) is 14.0. The summed E-state index contributed by atoms with van der Waals surface area (Å²) in [5, 5.41) is 6.41. The molecule has 0 spiro atoms. The monoisotopic (exact) mass is 361 g/mol. The first-order valence-electron chi connectivity index (χ1n) is 7.65.